The van der Waals surface area contributed by atoms with Gasteiger partial charge in [-0.3, -0.25) is 0 Å². The van der Waals surface area contributed by atoms with Crippen LogP contribution in [0, 0.1) is 0 Å². The fourth-order valence-electron chi connectivity index (χ4n) is 6.98. The van der Waals surface area contributed by atoms with E-state index in [9.17, 15) is 0 Å². The molecule has 6 heteroatoms. The lowest BCUT2D eigenvalue weighted by molar-refractivity contribution is 0.669. The standard InChI is InChI=1S/C49H31N5O/c1-5-15-32(16-6-1)40-30-41(33-17-7-2-8-18-33)52-48(51-40)44-27-37(36-25-26-39-38-23-13-14-24-46(38)55-47(39)29-36)28-45(50-44)49-53-42(34-19-9-3-10-20-34)31-43(54-49)35-21-11-4-12-22-35/h1-31H. The molecular weight excluding hydrogens is 675 g/mol. The Balaban J connectivity index is 1.22. The summed E-state index contributed by atoms with van der Waals surface area (Å²) in [6, 6.07) is 63.3. The van der Waals surface area contributed by atoms with Crippen molar-refractivity contribution in [3.8, 4) is 79.2 Å². The minimum absolute atomic E-state index is 0.496. The van der Waals surface area contributed by atoms with Crippen molar-refractivity contribution in [3.05, 3.63) is 188 Å². The number of benzene rings is 6. The molecule has 0 N–H and O–H groups in total. The van der Waals surface area contributed by atoms with Crippen LogP contribution in [0.15, 0.2) is 192 Å². The molecule has 4 aromatic heterocycles. The van der Waals surface area contributed by atoms with Crippen molar-refractivity contribution in [2.24, 2.45) is 0 Å². The van der Waals surface area contributed by atoms with E-state index in [4.69, 9.17) is 29.3 Å². The number of furan rings is 1. The Morgan fingerprint density at radius 3 is 1.11 bits per heavy atom. The molecule has 6 nitrogen and oxygen atoms in total. The summed E-state index contributed by atoms with van der Waals surface area (Å²) in [5, 5.41) is 2.14. The number of pyridine rings is 1. The van der Waals surface area contributed by atoms with Gasteiger partial charge in [0.15, 0.2) is 11.6 Å². The van der Waals surface area contributed by atoms with Gasteiger partial charge in [0.1, 0.15) is 22.6 Å². The first-order valence-electron chi connectivity index (χ1n) is 18.2. The summed E-state index contributed by atoms with van der Waals surface area (Å²) in [6.07, 6.45) is 0. The molecule has 0 fully saturated rings. The first kappa shape index (κ1) is 32.1. The molecule has 55 heavy (non-hydrogen) atoms. The molecule has 0 spiro atoms. The van der Waals surface area contributed by atoms with Crippen molar-refractivity contribution < 1.29 is 4.42 Å². The summed E-state index contributed by atoms with van der Waals surface area (Å²) in [6.45, 7) is 0. The number of hydrogen-bond donors (Lipinski definition) is 0. The van der Waals surface area contributed by atoms with Crippen LogP contribution in [0.1, 0.15) is 0 Å². The first-order valence-corrected chi connectivity index (χ1v) is 18.2. The molecule has 0 bridgehead atoms. The van der Waals surface area contributed by atoms with Crippen LogP contribution in [-0.2, 0) is 0 Å². The van der Waals surface area contributed by atoms with Crippen LogP contribution >= 0.6 is 0 Å². The second kappa shape index (κ2) is 13.8. The molecule has 6 aromatic carbocycles. The van der Waals surface area contributed by atoms with E-state index in [1.165, 1.54) is 0 Å². The Bertz CT molecular complexity index is 2700. The van der Waals surface area contributed by atoms with E-state index in [2.05, 4.69) is 72.8 Å². The molecule has 0 saturated heterocycles. The zero-order chi connectivity index (χ0) is 36.6. The van der Waals surface area contributed by atoms with Gasteiger partial charge in [-0.1, -0.05) is 146 Å². The smallest absolute Gasteiger partial charge is 0.179 e. The summed E-state index contributed by atoms with van der Waals surface area (Å²) < 4.78 is 6.34. The fourth-order valence-corrected chi connectivity index (χ4v) is 6.98. The topological polar surface area (TPSA) is 77.6 Å². The maximum Gasteiger partial charge on any atom is 0.179 e. The Morgan fingerprint density at radius 1 is 0.255 bits per heavy atom. The average Bonchev–Trinajstić information content (AvgIpc) is 3.65. The molecule has 0 aliphatic rings. The predicted molar refractivity (Wildman–Crippen MR) is 221 cm³/mol. The lowest BCUT2D eigenvalue weighted by Gasteiger charge is -2.13. The quantitative estimate of drug-likeness (QED) is 0.164. The second-order valence-electron chi connectivity index (χ2n) is 13.3. The Hall–Kier alpha value is -7.57. The van der Waals surface area contributed by atoms with E-state index in [1.54, 1.807) is 0 Å². The molecule has 0 amide bonds. The minimum atomic E-state index is 0.496. The molecule has 0 atom stereocenters. The van der Waals surface area contributed by atoms with Crippen LogP contribution in [-0.4, -0.2) is 24.9 Å². The summed E-state index contributed by atoms with van der Waals surface area (Å²) in [5.74, 6) is 0.992. The summed E-state index contributed by atoms with van der Waals surface area (Å²) in [5.41, 5.74) is 11.9. The van der Waals surface area contributed by atoms with E-state index in [0.29, 0.717) is 23.0 Å². The zero-order valence-electron chi connectivity index (χ0n) is 29.5. The second-order valence-corrected chi connectivity index (χ2v) is 13.3. The number of nitrogens with zero attached hydrogens (tertiary/aromatic N) is 5. The van der Waals surface area contributed by atoms with E-state index < -0.39 is 0 Å². The average molecular weight is 706 g/mol. The highest BCUT2D eigenvalue weighted by atomic mass is 16.3. The fraction of sp³-hybridized carbons (Fsp3) is 0. The van der Waals surface area contributed by atoms with Gasteiger partial charge in [-0.15, -0.1) is 0 Å². The molecular formula is C49H31N5O. The molecule has 10 rings (SSSR count). The third-order valence-corrected chi connectivity index (χ3v) is 9.73. The molecule has 0 saturated carbocycles. The van der Waals surface area contributed by atoms with Gasteiger partial charge in [-0.2, -0.15) is 0 Å². The monoisotopic (exact) mass is 705 g/mol. The SMILES string of the molecule is c1ccc(-c2cc(-c3ccccc3)nc(-c3cc(-c4ccc5c(c4)oc4ccccc45)cc(-c4nc(-c5ccccc5)cc(-c5ccccc5)n4)n3)n2)cc1. The zero-order valence-corrected chi connectivity index (χ0v) is 29.5. The number of aromatic nitrogens is 5. The highest BCUT2D eigenvalue weighted by molar-refractivity contribution is 6.06. The molecule has 10 aromatic rings. The van der Waals surface area contributed by atoms with E-state index in [1.807, 2.05) is 115 Å². The van der Waals surface area contributed by atoms with Gasteiger partial charge in [-0.05, 0) is 53.6 Å². The van der Waals surface area contributed by atoms with Gasteiger partial charge in [0, 0.05) is 33.0 Å². The molecule has 0 unspecified atom stereocenters. The molecule has 258 valence electrons. The van der Waals surface area contributed by atoms with Gasteiger partial charge >= 0.3 is 0 Å². The maximum absolute atomic E-state index is 6.34. The minimum Gasteiger partial charge on any atom is -0.456 e. The van der Waals surface area contributed by atoms with Crippen molar-refractivity contribution in [1.82, 2.24) is 24.9 Å². The van der Waals surface area contributed by atoms with Crippen molar-refractivity contribution in [2.45, 2.75) is 0 Å². The van der Waals surface area contributed by atoms with Gasteiger partial charge in [0.05, 0.1) is 22.8 Å². The largest absolute Gasteiger partial charge is 0.456 e. The van der Waals surface area contributed by atoms with Crippen molar-refractivity contribution in [3.63, 3.8) is 0 Å². The highest BCUT2D eigenvalue weighted by Crippen LogP contribution is 2.36. The van der Waals surface area contributed by atoms with Gasteiger partial charge < -0.3 is 4.42 Å². The first-order chi connectivity index (χ1) is 27.2. The number of fused-ring (bicyclic) bond motifs is 3. The predicted octanol–water partition coefficient (Wildman–Crippen LogP) is 12.2. The van der Waals surface area contributed by atoms with E-state index in [0.717, 1.165) is 78.1 Å². The van der Waals surface area contributed by atoms with E-state index in [-0.39, 0.29) is 0 Å². The lowest BCUT2D eigenvalue weighted by atomic mass is 10.0. The third kappa shape index (κ3) is 6.32. The lowest BCUT2D eigenvalue weighted by Crippen LogP contribution is -2.01. The van der Waals surface area contributed by atoms with Crippen molar-refractivity contribution >= 4 is 21.9 Å². The molecule has 0 radical (unpaired) electrons. The van der Waals surface area contributed by atoms with Crippen LogP contribution < -0.4 is 0 Å². The number of rotatable bonds is 7. The Morgan fingerprint density at radius 2 is 0.655 bits per heavy atom. The van der Waals surface area contributed by atoms with Crippen molar-refractivity contribution in [2.75, 3.05) is 0 Å². The molecule has 4 heterocycles. The van der Waals surface area contributed by atoms with Crippen LogP contribution in [0.3, 0.4) is 0 Å². The van der Waals surface area contributed by atoms with Gasteiger partial charge in [-0.25, -0.2) is 24.9 Å². The molecule has 0 aliphatic heterocycles. The molecule has 0 aliphatic carbocycles. The summed E-state index contributed by atoms with van der Waals surface area (Å²) >= 11 is 0. The van der Waals surface area contributed by atoms with Crippen LogP contribution in [0.25, 0.3) is 101 Å². The third-order valence-electron chi connectivity index (χ3n) is 9.73. The Kier molecular flexibility index (Phi) is 8.04. The van der Waals surface area contributed by atoms with Crippen LogP contribution in [0.5, 0.6) is 0 Å². The van der Waals surface area contributed by atoms with Gasteiger partial charge in [0.25, 0.3) is 0 Å². The summed E-state index contributed by atoms with van der Waals surface area (Å²) in [7, 11) is 0. The van der Waals surface area contributed by atoms with Crippen LogP contribution in [0.4, 0.5) is 0 Å². The Labute approximate surface area is 317 Å². The highest BCUT2D eigenvalue weighted by Gasteiger charge is 2.18. The van der Waals surface area contributed by atoms with Crippen LogP contribution in [0.2, 0.25) is 0 Å². The van der Waals surface area contributed by atoms with E-state index >= 15 is 0 Å². The number of para-hydroxylation sites is 1. The number of hydrogen-bond acceptors (Lipinski definition) is 6. The van der Waals surface area contributed by atoms with Crippen molar-refractivity contribution in [1.29, 1.82) is 0 Å². The maximum atomic E-state index is 6.34. The van der Waals surface area contributed by atoms with Gasteiger partial charge in [0.2, 0.25) is 0 Å². The normalized spacial score (nSPS) is 11.3. The summed E-state index contributed by atoms with van der Waals surface area (Å²) in [4.78, 5) is 25.8.